The number of amides is 2. The molecule has 0 spiro atoms. The van der Waals surface area contributed by atoms with E-state index in [-0.39, 0.29) is 11.8 Å². The summed E-state index contributed by atoms with van der Waals surface area (Å²) in [5, 5.41) is 5.45. The van der Waals surface area contributed by atoms with Crippen molar-refractivity contribution in [3.63, 3.8) is 0 Å². The third-order valence-electron chi connectivity index (χ3n) is 5.18. The third-order valence-corrected chi connectivity index (χ3v) is 6.19. The van der Waals surface area contributed by atoms with Gasteiger partial charge in [-0.15, -0.1) is 0 Å². The van der Waals surface area contributed by atoms with Crippen LogP contribution in [-0.2, 0) is 10.5 Å². The molecule has 2 amide bonds. The molecule has 0 radical (unpaired) electrons. The first-order chi connectivity index (χ1) is 16.4. The van der Waals surface area contributed by atoms with Gasteiger partial charge >= 0.3 is 0 Å². The Labute approximate surface area is 206 Å². The molecule has 178 valence electrons. The lowest BCUT2D eigenvalue weighted by Crippen LogP contribution is -2.33. The number of nitrogens with one attached hydrogen (secondary N) is 2. The highest BCUT2D eigenvalue weighted by Gasteiger charge is 2.08. The molecule has 0 saturated heterocycles. The molecule has 3 rings (SSSR count). The van der Waals surface area contributed by atoms with Gasteiger partial charge in [0.1, 0.15) is 0 Å². The molecule has 1 aromatic heterocycles. The highest BCUT2D eigenvalue weighted by molar-refractivity contribution is 7.98. The summed E-state index contributed by atoms with van der Waals surface area (Å²) in [6, 6.07) is 22.0. The summed E-state index contributed by atoms with van der Waals surface area (Å²) in [7, 11) is 4.19. The molecule has 6 nitrogen and oxygen atoms in total. The van der Waals surface area contributed by atoms with Crippen LogP contribution in [0, 0.1) is 0 Å². The van der Waals surface area contributed by atoms with E-state index in [1.807, 2.05) is 42.1 Å². The lowest BCUT2D eigenvalue weighted by molar-refractivity contribution is -0.118. The Kier molecular flexibility index (Phi) is 9.67. The van der Waals surface area contributed by atoms with E-state index in [1.54, 1.807) is 12.1 Å². The van der Waals surface area contributed by atoms with Gasteiger partial charge in [0.25, 0.3) is 5.91 Å². The Morgan fingerprint density at radius 3 is 2.03 bits per heavy atom. The van der Waals surface area contributed by atoms with Crippen LogP contribution in [-0.4, -0.2) is 61.2 Å². The molecule has 0 bridgehead atoms. The molecule has 0 unspecified atom stereocenters. The molecule has 3 aromatic rings. The standard InChI is InChI=1S/C27H32N4O2S/c1-20(32)28-15-16-29-27(33)24-13-11-23(12-14-24)26-6-4-5-25(30-26)22-9-7-21(8-10-22)19-34-18-17-31(2)3/h4-14H,15-19H2,1-3H3,(H,28,32)(H,29,33). The van der Waals surface area contributed by atoms with Gasteiger partial charge in [0.2, 0.25) is 5.91 Å². The van der Waals surface area contributed by atoms with E-state index in [4.69, 9.17) is 4.98 Å². The number of thioether (sulfide) groups is 1. The molecular formula is C27H32N4O2S. The number of benzene rings is 2. The molecule has 1 heterocycles. The van der Waals surface area contributed by atoms with Crippen molar-refractivity contribution in [2.24, 2.45) is 0 Å². The molecule has 7 heteroatoms. The number of aromatic nitrogens is 1. The van der Waals surface area contributed by atoms with Crippen LogP contribution in [0.1, 0.15) is 22.8 Å². The number of pyridine rings is 1. The predicted octanol–water partition coefficient (Wildman–Crippen LogP) is 4.08. The molecule has 34 heavy (non-hydrogen) atoms. The van der Waals surface area contributed by atoms with Crippen LogP contribution in [0.2, 0.25) is 0 Å². The Morgan fingerprint density at radius 1 is 0.853 bits per heavy atom. The van der Waals surface area contributed by atoms with Crippen LogP contribution in [0.5, 0.6) is 0 Å². The van der Waals surface area contributed by atoms with Crippen LogP contribution >= 0.6 is 11.8 Å². The van der Waals surface area contributed by atoms with Gasteiger partial charge in [-0.25, -0.2) is 4.98 Å². The zero-order valence-electron chi connectivity index (χ0n) is 20.0. The van der Waals surface area contributed by atoms with Crippen molar-refractivity contribution >= 4 is 23.6 Å². The van der Waals surface area contributed by atoms with Crippen molar-refractivity contribution in [2.45, 2.75) is 12.7 Å². The Bertz CT molecular complexity index is 1080. The average Bonchev–Trinajstić information content (AvgIpc) is 2.85. The fourth-order valence-electron chi connectivity index (χ4n) is 3.27. The summed E-state index contributed by atoms with van der Waals surface area (Å²) >= 11 is 1.94. The van der Waals surface area contributed by atoms with Crippen LogP contribution in [0.15, 0.2) is 66.7 Å². The Morgan fingerprint density at radius 2 is 1.44 bits per heavy atom. The van der Waals surface area contributed by atoms with Gasteiger partial charge < -0.3 is 15.5 Å². The summed E-state index contributed by atoms with van der Waals surface area (Å²) in [4.78, 5) is 30.2. The molecule has 2 N–H and O–H groups in total. The normalized spacial score (nSPS) is 10.8. The summed E-state index contributed by atoms with van der Waals surface area (Å²) in [5.74, 6) is 1.85. The maximum Gasteiger partial charge on any atom is 0.251 e. The minimum Gasteiger partial charge on any atom is -0.355 e. The van der Waals surface area contributed by atoms with Crippen molar-refractivity contribution in [1.29, 1.82) is 0 Å². The van der Waals surface area contributed by atoms with Crippen LogP contribution in [0.4, 0.5) is 0 Å². The molecule has 0 aliphatic rings. The molecular weight excluding hydrogens is 444 g/mol. The molecule has 0 fully saturated rings. The van der Waals surface area contributed by atoms with Crippen molar-refractivity contribution in [3.8, 4) is 22.5 Å². The number of carbonyl (C=O) groups excluding carboxylic acids is 2. The first-order valence-corrected chi connectivity index (χ1v) is 12.5. The quantitative estimate of drug-likeness (QED) is 0.408. The molecule has 0 atom stereocenters. The lowest BCUT2D eigenvalue weighted by Gasteiger charge is -2.09. The monoisotopic (exact) mass is 476 g/mol. The fourth-order valence-corrected chi connectivity index (χ4v) is 4.34. The Balaban J connectivity index is 1.60. The lowest BCUT2D eigenvalue weighted by atomic mass is 10.1. The van der Waals surface area contributed by atoms with Gasteiger partial charge in [0, 0.05) is 54.8 Å². The van der Waals surface area contributed by atoms with Crippen molar-refractivity contribution in [1.82, 2.24) is 20.5 Å². The van der Waals surface area contributed by atoms with E-state index >= 15 is 0 Å². The zero-order chi connectivity index (χ0) is 24.3. The zero-order valence-corrected chi connectivity index (χ0v) is 20.8. The fraction of sp³-hybridized carbons (Fsp3) is 0.296. The number of hydrogen-bond donors (Lipinski definition) is 2. The topological polar surface area (TPSA) is 74.3 Å². The maximum atomic E-state index is 12.3. The second-order valence-electron chi connectivity index (χ2n) is 8.28. The smallest absolute Gasteiger partial charge is 0.251 e. The van der Waals surface area contributed by atoms with E-state index in [1.165, 1.54) is 12.5 Å². The number of nitrogens with zero attached hydrogens (tertiary/aromatic N) is 2. The van der Waals surface area contributed by atoms with Gasteiger partial charge in [-0.1, -0.05) is 42.5 Å². The van der Waals surface area contributed by atoms with E-state index in [0.717, 1.165) is 40.6 Å². The second-order valence-corrected chi connectivity index (χ2v) is 9.38. The highest BCUT2D eigenvalue weighted by atomic mass is 32.2. The number of hydrogen-bond acceptors (Lipinski definition) is 5. The minimum atomic E-state index is -0.168. The van der Waals surface area contributed by atoms with Crippen molar-refractivity contribution < 1.29 is 9.59 Å². The summed E-state index contributed by atoms with van der Waals surface area (Å²) in [6.45, 7) is 3.33. The summed E-state index contributed by atoms with van der Waals surface area (Å²) in [6.07, 6.45) is 0. The number of carbonyl (C=O) groups is 2. The predicted molar refractivity (Wildman–Crippen MR) is 141 cm³/mol. The van der Waals surface area contributed by atoms with E-state index in [2.05, 4.69) is 53.9 Å². The first-order valence-electron chi connectivity index (χ1n) is 11.3. The van der Waals surface area contributed by atoms with Gasteiger partial charge in [0.15, 0.2) is 0 Å². The van der Waals surface area contributed by atoms with E-state index in [0.29, 0.717) is 18.7 Å². The second kappa shape index (κ2) is 12.9. The van der Waals surface area contributed by atoms with Crippen LogP contribution in [0.25, 0.3) is 22.5 Å². The minimum absolute atomic E-state index is 0.112. The van der Waals surface area contributed by atoms with E-state index < -0.39 is 0 Å². The average molecular weight is 477 g/mol. The third kappa shape index (κ3) is 8.01. The molecule has 0 saturated carbocycles. The van der Waals surface area contributed by atoms with Crippen molar-refractivity contribution in [2.75, 3.05) is 39.5 Å². The maximum absolute atomic E-state index is 12.3. The van der Waals surface area contributed by atoms with Crippen LogP contribution in [0.3, 0.4) is 0 Å². The Hall–Kier alpha value is -3.16. The summed E-state index contributed by atoms with van der Waals surface area (Å²) in [5.41, 5.74) is 5.70. The van der Waals surface area contributed by atoms with Gasteiger partial charge in [-0.2, -0.15) is 11.8 Å². The van der Waals surface area contributed by atoms with Gasteiger partial charge in [-0.3, -0.25) is 9.59 Å². The van der Waals surface area contributed by atoms with Gasteiger partial charge in [0.05, 0.1) is 11.4 Å². The molecule has 0 aliphatic heterocycles. The van der Waals surface area contributed by atoms with Crippen molar-refractivity contribution in [3.05, 3.63) is 77.9 Å². The van der Waals surface area contributed by atoms with Crippen LogP contribution < -0.4 is 10.6 Å². The van der Waals surface area contributed by atoms with E-state index in [9.17, 15) is 9.59 Å². The molecule has 0 aliphatic carbocycles. The number of rotatable bonds is 11. The highest BCUT2D eigenvalue weighted by Crippen LogP contribution is 2.24. The largest absolute Gasteiger partial charge is 0.355 e. The summed E-state index contributed by atoms with van der Waals surface area (Å²) < 4.78 is 0. The first kappa shape index (κ1) is 25.5. The SMILES string of the molecule is CC(=O)NCCNC(=O)c1ccc(-c2cccc(-c3ccc(CSCCN(C)C)cc3)n2)cc1. The van der Waals surface area contributed by atoms with Gasteiger partial charge in [-0.05, 0) is 43.9 Å². The molecule has 2 aromatic carbocycles.